The minimum absolute atomic E-state index is 0.531. The maximum Gasteiger partial charge on any atom is 0.0714 e. The summed E-state index contributed by atoms with van der Waals surface area (Å²) in [7, 11) is 0. The number of anilines is 3. The molecule has 2 aromatic heterocycles. The second-order valence-electron chi connectivity index (χ2n) is 18.0. The van der Waals surface area contributed by atoms with Crippen LogP contribution in [-0.4, -0.2) is 4.57 Å². The van der Waals surface area contributed by atoms with Gasteiger partial charge in [0, 0.05) is 53.4 Å². The summed E-state index contributed by atoms with van der Waals surface area (Å²) in [6.45, 7) is 0. The molecule has 1 aliphatic carbocycles. The van der Waals surface area contributed by atoms with Crippen molar-refractivity contribution in [3.8, 4) is 27.9 Å². The van der Waals surface area contributed by atoms with Crippen molar-refractivity contribution in [3.05, 3.63) is 277 Å². The molecule has 3 heteroatoms. The molecular weight excluding hydrogens is 841 g/mol. The molecule has 0 amide bonds. The lowest BCUT2D eigenvalue weighted by Gasteiger charge is -2.35. The highest BCUT2D eigenvalue weighted by Crippen LogP contribution is 2.57. The van der Waals surface area contributed by atoms with Crippen LogP contribution in [0.2, 0.25) is 0 Å². The molecule has 0 bridgehead atoms. The van der Waals surface area contributed by atoms with Gasteiger partial charge in [-0.2, -0.15) is 0 Å². The lowest BCUT2D eigenvalue weighted by Crippen LogP contribution is -2.28. The molecule has 0 spiro atoms. The van der Waals surface area contributed by atoms with Crippen molar-refractivity contribution in [1.29, 1.82) is 0 Å². The fourth-order valence-electron chi connectivity index (χ4n) is 11.6. The molecule has 2 nitrogen and oxygen atoms in total. The van der Waals surface area contributed by atoms with E-state index in [1.807, 2.05) is 11.3 Å². The van der Waals surface area contributed by atoms with Gasteiger partial charge in [0.05, 0.1) is 22.1 Å². The van der Waals surface area contributed by atoms with E-state index in [0.717, 1.165) is 22.7 Å². The van der Waals surface area contributed by atoms with Crippen molar-refractivity contribution < 1.29 is 0 Å². The minimum Gasteiger partial charge on any atom is -0.310 e. The Hall–Kier alpha value is -8.50. The van der Waals surface area contributed by atoms with Gasteiger partial charge in [0.25, 0.3) is 0 Å². The number of hydrogen-bond donors (Lipinski definition) is 0. The molecule has 0 radical (unpaired) electrons. The number of aromatic nitrogens is 1. The molecule has 68 heavy (non-hydrogen) atoms. The van der Waals surface area contributed by atoms with Crippen LogP contribution >= 0.6 is 11.3 Å². The second-order valence-corrected chi connectivity index (χ2v) is 19.1. The Morgan fingerprint density at radius 2 is 1.01 bits per heavy atom. The Labute approximate surface area is 398 Å². The number of thiophene rings is 1. The Balaban J connectivity index is 1.06. The van der Waals surface area contributed by atoms with Crippen LogP contribution in [0.4, 0.5) is 17.1 Å². The number of hydrogen-bond acceptors (Lipinski definition) is 2. The Bertz CT molecular complexity index is 4030. The Morgan fingerprint density at radius 3 is 1.81 bits per heavy atom. The van der Waals surface area contributed by atoms with Gasteiger partial charge in [-0.3, -0.25) is 0 Å². The lowest BCUT2D eigenvalue weighted by atomic mass is 9.67. The largest absolute Gasteiger partial charge is 0.310 e. The molecule has 14 rings (SSSR count). The van der Waals surface area contributed by atoms with E-state index >= 15 is 0 Å². The smallest absolute Gasteiger partial charge is 0.0714 e. The molecule has 1 aliphatic rings. The average Bonchev–Trinajstić information content (AvgIpc) is 4.05. The summed E-state index contributed by atoms with van der Waals surface area (Å²) in [6.07, 6.45) is 0. The summed E-state index contributed by atoms with van der Waals surface area (Å²) >= 11 is 1.88. The van der Waals surface area contributed by atoms with Crippen LogP contribution in [0.25, 0.3) is 80.7 Å². The molecule has 0 atom stereocenters. The standard InChI is InChI=1S/C65H42N2S/c1-5-18-43(19-6-1)45-32-38-61-56(40-45)63-62(68-61)39-36-54-55-41-49(34-37-60(55)67(64(54)63)48-26-11-4-12-27-48)66(59-31-17-21-44-20-13-14-28-51(44)59)50-33-35-53-52-29-15-16-30-57(52)65(58(53)42-50,46-22-7-2-8-23-46)47-24-9-3-10-25-47/h1-42H. The zero-order valence-electron chi connectivity index (χ0n) is 37.1. The zero-order chi connectivity index (χ0) is 44.8. The van der Waals surface area contributed by atoms with Gasteiger partial charge in [0.15, 0.2) is 0 Å². The quantitative estimate of drug-likeness (QED) is 0.155. The molecule has 13 aromatic rings. The first-order valence-electron chi connectivity index (χ1n) is 23.4. The van der Waals surface area contributed by atoms with Crippen LogP contribution in [0.3, 0.4) is 0 Å². The molecule has 0 saturated heterocycles. The van der Waals surface area contributed by atoms with Crippen molar-refractivity contribution in [2.24, 2.45) is 0 Å². The molecule has 0 unspecified atom stereocenters. The Morgan fingerprint density at radius 1 is 0.382 bits per heavy atom. The van der Waals surface area contributed by atoms with Gasteiger partial charge >= 0.3 is 0 Å². The third-order valence-corrected chi connectivity index (χ3v) is 15.6. The van der Waals surface area contributed by atoms with Gasteiger partial charge in [-0.1, -0.05) is 188 Å². The van der Waals surface area contributed by atoms with Gasteiger partial charge in [-0.25, -0.2) is 0 Å². The first-order valence-corrected chi connectivity index (χ1v) is 24.2. The number of nitrogens with zero attached hydrogens (tertiary/aromatic N) is 2. The highest BCUT2D eigenvalue weighted by molar-refractivity contribution is 7.26. The van der Waals surface area contributed by atoms with E-state index in [1.165, 1.54) is 97.3 Å². The highest BCUT2D eigenvalue weighted by atomic mass is 32.1. The topological polar surface area (TPSA) is 8.17 Å². The molecule has 0 saturated carbocycles. The van der Waals surface area contributed by atoms with E-state index in [2.05, 4.69) is 264 Å². The third kappa shape index (κ3) is 5.70. The predicted molar refractivity (Wildman–Crippen MR) is 289 cm³/mol. The summed E-state index contributed by atoms with van der Waals surface area (Å²) in [5, 5.41) is 7.43. The highest BCUT2D eigenvalue weighted by Gasteiger charge is 2.46. The van der Waals surface area contributed by atoms with Crippen molar-refractivity contribution in [2.45, 2.75) is 5.41 Å². The second kappa shape index (κ2) is 15.3. The molecule has 0 fully saturated rings. The van der Waals surface area contributed by atoms with E-state index in [4.69, 9.17) is 0 Å². The summed E-state index contributed by atoms with van der Waals surface area (Å²) in [5.41, 5.74) is 16.5. The first kappa shape index (κ1) is 38.7. The van der Waals surface area contributed by atoms with Crippen molar-refractivity contribution >= 4 is 81.1 Å². The summed E-state index contributed by atoms with van der Waals surface area (Å²) in [6, 6.07) is 94.4. The minimum atomic E-state index is -0.531. The number of rotatable bonds is 7. The van der Waals surface area contributed by atoms with Crippen LogP contribution in [0, 0.1) is 0 Å². The molecular formula is C65H42N2S. The fraction of sp³-hybridized carbons (Fsp3) is 0.0154. The number of benzene rings is 11. The van der Waals surface area contributed by atoms with Gasteiger partial charge < -0.3 is 9.47 Å². The van der Waals surface area contributed by atoms with E-state index in [-0.39, 0.29) is 0 Å². The maximum atomic E-state index is 2.50. The van der Waals surface area contributed by atoms with E-state index in [9.17, 15) is 0 Å². The summed E-state index contributed by atoms with van der Waals surface area (Å²) in [4.78, 5) is 2.50. The predicted octanol–water partition coefficient (Wildman–Crippen LogP) is 17.8. The van der Waals surface area contributed by atoms with Crippen molar-refractivity contribution in [3.63, 3.8) is 0 Å². The monoisotopic (exact) mass is 882 g/mol. The molecule has 318 valence electrons. The number of para-hydroxylation sites is 1. The molecule has 0 aliphatic heterocycles. The maximum absolute atomic E-state index is 2.50. The van der Waals surface area contributed by atoms with Gasteiger partial charge in [-0.05, 0) is 117 Å². The number of fused-ring (bicyclic) bond motifs is 11. The van der Waals surface area contributed by atoms with Crippen LogP contribution in [0.5, 0.6) is 0 Å². The normalized spacial score (nSPS) is 12.8. The van der Waals surface area contributed by atoms with Crippen LogP contribution < -0.4 is 4.90 Å². The van der Waals surface area contributed by atoms with Crippen molar-refractivity contribution in [1.82, 2.24) is 4.57 Å². The van der Waals surface area contributed by atoms with Gasteiger partial charge in [-0.15, -0.1) is 11.3 Å². The van der Waals surface area contributed by atoms with E-state index in [1.54, 1.807) is 0 Å². The SMILES string of the molecule is c1ccc(-c2ccc3sc4ccc5c6cc(N(c7ccc8c(c7)C(c7ccccc7)(c7ccccc7)c7ccccc7-8)c7cccc8ccccc78)ccc6n(-c6ccccc6)c5c4c3c2)cc1. The summed E-state index contributed by atoms with van der Waals surface area (Å²) in [5.74, 6) is 0. The molecule has 2 heterocycles. The van der Waals surface area contributed by atoms with Gasteiger partial charge in [0.2, 0.25) is 0 Å². The van der Waals surface area contributed by atoms with Gasteiger partial charge in [0.1, 0.15) is 0 Å². The molecule has 0 N–H and O–H groups in total. The average molecular weight is 883 g/mol. The Kier molecular flexibility index (Phi) is 8.71. The van der Waals surface area contributed by atoms with Crippen molar-refractivity contribution in [2.75, 3.05) is 4.90 Å². The van der Waals surface area contributed by atoms with E-state index < -0.39 is 5.41 Å². The van der Waals surface area contributed by atoms with E-state index in [0.29, 0.717) is 0 Å². The lowest BCUT2D eigenvalue weighted by molar-refractivity contribution is 0.768. The fourth-order valence-corrected chi connectivity index (χ4v) is 12.6. The van der Waals surface area contributed by atoms with Crippen LogP contribution in [-0.2, 0) is 5.41 Å². The zero-order valence-corrected chi connectivity index (χ0v) is 37.9. The molecule has 11 aromatic carbocycles. The third-order valence-electron chi connectivity index (χ3n) is 14.4. The summed E-state index contributed by atoms with van der Waals surface area (Å²) < 4.78 is 5.08. The van der Waals surface area contributed by atoms with Crippen LogP contribution in [0.15, 0.2) is 255 Å². The first-order chi connectivity index (χ1) is 33.7. The van der Waals surface area contributed by atoms with Crippen LogP contribution in [0.1, 0.15) is 22.3 Å².